The lowest BCUT2D eigenvalue weighted by atomic mass is 10.0. The summed E-state index contributed by atoms with van der Waals surface area (Å²) in [5, 5.41) is 22.9. The number of hydrogen-bond donors (Lipinski definition) is 1. The number of fused-ring (bicyclic) bond motifs is 1. The zero-order valence-electron chi connectivity index (χ0n) is 23.2. The van der Waals surface area contributed by atoms with Gasteiger partial charge in [0, 0.05) is 6.42 Å². The molecule has 0 aliphatic rings. The first-order valence-corrected chi connectivity index (χ1v) is 15.1. The smallest absolute Gasteiger partial charge is 0.232 e. The maximum atomic E-state index is 12.5. The Morgan fingerprint density at radius 2 is 1.62 bits per heavy atom. The molecular formula is C32H36N3O4S+. The van der Waals surface area contributed by atoms with Crippen LogP contribution in [0.2, 0.25) is 0 Å². The van der Waals surface area contributed by atoms with Gasteiger partial charge < -0.3 is 14.3 Å². The SMILES string of the molecule is C[N+](C)(CCc1ccc2ccccc2c1)CC(O)COc1ccc(N(Cc2ccccc2)S(C)(=O)=O)cc1C#N. The van der Waals surface area contributed by atoms with E-state index in [4.69, 9.17) is 4.74 Å². The van der Waals surface area contributed by atoms with E-state index < -0.39 is 16.1 Å². The highest BCUT2D eigenvalue weighted by molar-refractivity contribution is 7.92. The van der Waals surface area contributed by atoms with Gasteiger partial charge in [-0.3, -0.25) is 4.31 Å². The molecule has 0 aromatic heterocycles. The van der Waals surface area contributed by atoms with Crippen molar-refractivity contribution < 1.29 is 22.7 Å². The molecule has 0 saturated heterocycles. The summed E-state index contributed by atoms with van der Waals surface area (Å²) in [7, 11) is 0.556. The van der Waals surface area contributed by atoms with Gasteiger partial charge in [-0.2, -0.15) is 5.26 Å². The number of sulfonamides is 1. The van der Waals surface area contributed by atoms with E-state index in [9.17, 15) is 18.8 Å². The second kappa shape index (κ2) is 12.5. The van der Waals surface area contributed by atoms with Gasteiger partial charge in [-0.25, -0.2) is 8.42 Å². The van der Waals surface area contributed by atoms with Crippen LogP contribution in [-0.4, -0.2) is 64.2 Å². The fourth-order valence-electron chi connectivity index (χ4n) is 4.76. The van der Waals surface area contributed by atoms with E-state index in [2.05, 4.69) is 50.5 Å². The molecule has 0 saturated carbocycles. The largest absolute Gasteiger partial charge is 0.489 e. The molecule has 0 spiro atoms. The van der Waals surface area contributed by atoms with Gasteiger partial charge in [0.1, 0.15) is 31.1 Å². The molecule has 0 heterocycles. The summed E-state index contributed by atoms with van der Waals surface area (Å²) in [6.45, 7) is 1.49. The summed E-state index contributed by atoms with van der Waals surface area (Å²) in [4.78, 5) is 0. The number of likely N-dealkylation sites (N-methyl/N-ethyl adjacent to an activating group) is 1. The molecule has 4 aromatic carbocycles. The average molecular weight is 559 g/mol. The Morgan fingerprint density at radius 3 is 2.33 bits per heavy atom. The molecule has 1 N–H and O–H groups in total. The van der Waals surface area contributed by atoms with Gasteiger partial charge in [0.25, 0.3) is 0 Å². The Morgan fingerprint density at radius 1 is 0.925 bits per heavy atom. The third-order valence-corrected chi connectivity index (χ3v) is 8.04. The number of ether oxygens (including phenoxy) is 1. The van der Waals surface area contributed by atoms with Crippen molar-refractivity contribution in [3.8, 4) is 11.8 Å². The van der Waals surface area contributed by atoms with Gasteiger partial charge in [-0.05, 0) is 40.1 Å². The summed E-state index contributed by atoms with van der Waals surface area (Å²) >= 11 is 0. The summed E-state index contributed by atoms with van der Waals surface area (Å²) in [6.07, 6.45) is 1.28. The predicted octanol–water partition coefficient (Wildman–Crippen LogP) is 4.74. The number of nitriles is 1. The maximum absolute atomic E-state index is 12.5. The minimum Gasteiger partial charge on any atom is -0.489 e. The first kappa shape index (κ1) is 29.1. The third kappa shape index (κ3) is 7.82. The fraction of sp³-hybridized carbons (Fsp3) is 0.281. The van der Waals surface area contributed by atoms with E-state index in [1.165, 1.54) is 26.7 Å². The number of rotatable bonds is 12. The van der Waals surface area contributed by atoms with Crippen LogP contribution in [0.3, 0.4) is 0 Å². The second-order valence-electron chi connectivity index (χ2n) is 10.8. The van der Waals surface area contributed by atoms with Crippen molar-refractivity contribution in [1.29, 1.82) is 5.26 Å². The number of quaternary nitrogens is 1. The first-order chi connectivity index (χ1) is 19.0. The molecule has 7 nitrogen and oxygen atoms in total. The molecule has 40 heavy (non-hydrogen) atoms. The molecule has 0 bridgehead atoms. The highest BCUT2D eigenvalue weighted by Gasteiger charge is 2.23. The molecule has 0 fully saturated rings. The Labute approximate surface area is 237 Å². The Kier molecular flexibility index (Phi) is 9.10. The van der Waals surface area contributed by atoms with Crippen LogP contribution >= 0.6 is 0 Å². The molecule has 1 atom stereocenters. The van der Waals surface area contributed by atoms with E-state index in [0.29, 0.717) is 22.5 Å². The molecule has 8 heteroatoms. The van der Waals surface area contributed by atoms with Gasteiger partial charge in [0.05, 0.1) is 44.7 Å². The molecule has 0 amide bonds. The molecule has 0 aliphatic carbocycles. The van der Waals surface area contributed by atoms with Gasteiger partial charge >= 0.3 is 0 Å². The van der Waals surface area contributed by atoms with Gasteiger partial charge in [-0.15, -0.1) is 0 Å². The van der Waals surface area contributed by atoms with Crippen molar-refractivity contribution in [3.05, 3.63) is 108 Å². The van der Waals surface area contributed by atoms with Gasteiger partial charge in [0.2, 0.25) is 10.0 Å². The average Bonchev–Trinajstić information content (AvgIpc) is 2.93. The van der Waals surface area contributed by atoms with Crippen LogP contribution in [0.25, 0.3) is 10.8 Å². The lowest BCUT2D eigenvalue weighted by Crippen LogP contribution is -2.48. The number of aliphatic hydroxyl groups excluding tert-OH is 1. The summed E-state index contributed by atoms with van der Waals surface area (Å²) < 4.78 is 32.8. The highest BCUT2D eigenvalue weighted by Crippen LogP contribution is 2.28. The van der Waals surface area contributed by atoms with Gasteiger partial charge in [-0.1, -0.05) is 72.8 Å². The Balaban J connectivity index is 1.37. The van der Waals surface area contributed by atoms with Crippen LogP contribution in [0.4, 0.5) is 5.69 Å². The van der Waals surface area contributed by atoms with E-state index in [1.54, 1.807) is 12.1 Å². The minimum atomic E-state index is -3.60. The van der Waals surface area contributed by atoms with Crippen LogP contribution < -0.4 is 9.04 Å². The lowest BCUT2D eigenvalue weighted by molar-refractivity contribution is -0.893. The number of nitrogens with zero attached hydrogens (tertiary/aromatic N) is 3. The first-order valence-electron chi connectivity index (χ1n) is 13.2. The minimum absolute atomic E-state index is 0.0193. The molecule has 4 rings (SSSR count). The normalized spacial score (nSPS) is 12.6. The van der Waals surface area contributed by atoms with E-state index in [1.807, 2.05) is 42.5 Å². The molecule has 4 aromatic rings. The van der Waals surface area contributed by atoms with Gasteiger partial charge in [0.15, 0.2) is 0 Å². The second-order valence-corrected chi connectivity index (χ2v) is 12.7. The lowest BCUT2D eigenvalue weighted by Gasteiger charge is -2.32. The van der Waals surface area contributed by atoms with Crippen molar-refractivity contribution in [2.45, 2.75) is 19.1 Å². The number of aliphatic hydroxyl groups is 1. The monoisotopic (exact) mass is 558 g/mol. The van der Waals surface area contributed by atoms with Crippen LogP contribution in [0.5, 0.6) is 5.75 Å². The topological polar surface area (TPSA) is 90.6 Å². The fourth-order valence-corrected chi connectivity index (χ4v) is 5.64. The molecule has 0 radical (unpaired) electrons. The summed E-state index contributed by atoms with van der Waals surface area (Å²) in [5.41, 5.74) is 2.67. The highest BCUT2D eigenvalue weighted by atomic mass is 32.2. The van der Waals surface area contributed by atoms with Crippen molar-refractivity contribution in [2.24, 2.45) is 0 Å². The van der Waals surface area contributed by atoms with Crippen molar-refractivity contribution >= 4 is 26.5 Å². The molecular weight excluding hydrogens is 522 g/mol. The van der Waals surface area contributed by atoms with Crippen LogP contribution in [0.15, 0.2) is 91.0 Å². The number of anilines is 1. The summed E-state index contributed by atoms with van der Waals surface area (Å²) in [6, 6.07) is 30.9. The zero-order chi connectivity index (χ0) is 28.8. The van der Waals surface area contributed by atoms with Crippen LogP contribution in [-0.2, 0) is 23.0 Å². The molecule has 0 aliphatic heterocycles. The van der Waals surface area contributed by atoms with Crippen LogP contribution in [0.1, 0.15) is 16.7 Å². The quantitative estimate of drug-likeness (QED) is 0.254. The van der Waals surface area contributed by atoms with Crippen molar-refractivity contribution in [3.63, 3.8) is 0 Å². The van der Waals surface area contributed by atoms with E-state index in [-0.39, 0.29) is 18.7 Å². The Hall–Kier alpha value is -3.90. The number of hydrogen-bond acceptors (Lipinski definition) is 5. The standard InChI is InChI=1S/C32H36N3O4S/c1-35(2,18-17-25-13-14-27-11-7-8-12-28(27)19-25)23-31(36)24-39-32-16-15-30(20-29(32)21-33)34(40(3,37)38)22-26-9-5-4-6-10-26/h4-16,19-20,31,36H,17-18,22-24H2,1-3H3/q+1. The third-order valence-electron chi connectivity index (χ3n) is 6.90. The van der Waals surface area contributed by atoms with E-state index >= 15 is 0 Å². The van der Waals surface area contributed by atoms with E-state index in [0.717, 1.165) is 24.8 Å². The van der Waals surface area contributed by atoms with Crippen molar-refractivity contribution in [1.82, 2.24) is 0 Å². The Bertz CT molecular complexity index is 1600. The van der Waals surface area contributed by atoms with Crippen molar-refractivity contribution in [2.75, 3.05) is 44.4 Å². The zero-order valence-corrected chi connectivity index (χ0v) is 24.0. The molecule has 208 valence electrons. The number of benzene rings is 4. The predicted molar refractivity (Wildman–Crippen MR) is 160 cm³/mol. The molecule has 1 unspecified atom stereocenters. The summed E-state index contributed by atoms with van der Waals surface area (Å²) in [5.74, 6) is 0.305. The maximum Gasteiger partial charge on any atom is 0.232 e. The van der Waals surface area contributed by atoms with Crippen LogP contribution in [0, 0.1) is 11.3 Å².